The summed E-state index contributed by atoms with van der Waals surface area (Å²) in [6.07, 6.45) is 0.687. The van der Waals surface area contributed by atoms with Crippen LogP contribution in [0.15, 0.2) is 103 Å². The highest BCUT2D eigenvalue weighted by Gasteiger charge is 2.45. The highest BCUT2D eigenvalue weighted by molar-refractivity contribution is 6.30. The Morgan fingerprint density at radius 1 is 0.794 bits per heavy atom. The van der Waals surface area contributed by atoms with Crippen LogP contribution in [0.1, 0.15) is 28.3 Å². The van der Waals surface area contributed by atoms with Crippen molar-refractivity contribution in [2.45, 2.75) is 26.3 Å². The summed E-state index contributed by atoms with van der Waals surface area (Å²) < 4.78 is 0.0284. The molecule has 0 aromatic heterocycles. The van der Waals surface area contributed by atoms with Gasteiger partial charge in [-0.05, 0) is 48.2 Å². The number of rotatable bonds is 7. The fourth-order valence-corrected chi connectivity index (χ4v) is 4.53. The summed E-state index contributed by atoms with van der Waals surface area (Å²) in [7, 11) is 0. The number of hydrogen-bond donors (Lipinski definition) is 1. The van der Waals surface area contributed by atoms with Gasteiger partial charge in [0.25, 0.3) is 0 Å². The smallest absolute Gasteiger partial charge is 0.313 e. The number of halogens is 1. The quantitative estimate of drug-likeness (QED) is 0.294. The monoisotopic (exact) mass is 469 g/mol. The van der Waals surface area contributed by atoms with Crippen molar-refractivity contribution in [3.63, 3.8) is 0 Å². The minimum atomic E-state index is -0.770. The van der Waals surface area contributed by atoms with Crippen molar-refractivity contribution < 1.29 is 4.79 Å². The van der Waals surface area contributed by atoms with Crippen molar-refractivity contribution in [2.75, 3.05) is 6.54 Å². The van der Waals surface area contributed by atoms with Crippen molar-refractivity contribution >= 4 is 28.9 Å². The predicted octanol–water partition coefficient (Wildman–Crippen LogP) is 7.07. The van der Waals surface area contributed by atoms with Crippen LogP contribution in [0, 0.1) is 13.8 Å². The molecule has 1 amide bonds. The number of carbonyl (C=O) groups is 1. The Hall–Kier alpha value is -3.24. The topological polar surface area (TPSA) is 43.1 Å². The highest BCUT2D eigenvalue weighted by Crippen LogP contribution is 2.39. The van der Waals surface area contributed by atoms with Crippen LogP contribution in [-0.4, -0.2) is 12.5 Å². The first kappa shape index (κ1) is 23.9. The molecule has 0 heterocycles. The summed E-state index contributed by atoms with van der Waals surface area (Å²) in [5.74, 6) is -0.0605. The summed E-state index contributed by atoms with van der Waals surface area (Å²) in [4.78, 5) is 14.5. The first-order valence-electron chi connectivity index (χ1n) is 11.5. The van der Waals surface area contributed by atoms with Gasteiger partial charge in [0.15, 0.2) is 0 Å². The first-order valence-corrected chi connectivity index (χ1v) is 11.9. The molecule has 0 aliphatic rings. The molecule has 0 aliphatic carbocycles. The molecule has 172 valence electrons. The number of benzene rings is 4. The number of para-hydroxylation sites is 1. The van der Waals surface area contributed by atoms with Crippen molar-refractivity contribution in [1.82, 2.24) is 4.48 Å². The number of hydrogen-bond acceptors (Lipinski definition) is 2. The Bertz CT molecular complexity index is 1260. The number of quaternary nitrogens is 1. The Balaban J connectivity index is 1.89. The third-order valence-corrected chi connectivity index (χ3v) is 6.83. The lowest BCUT2D eigenvalue weighted by atomic mass is 9.99. The average Bonchev–Trinajstić information content (AvgIpc) is 2.88. The zero-order valence-corrected chi connectivity index (χ0v) is 20.4. The van der Waals surface area contributed by atoms with E-state index in [9.17, 15) is 4.79 Å². The van der Waals surface area contributed by atoms with Crippen LogP contribution in [0.4, 0.5) is 11.4 Å². The third-order valence-electron chi connectivity index (χ3n) is 6.58. The van der Waals surface area contributed by atoms with Gasteiger partial charge in [-0.15, -0.1) is 0 Å². The second-order valence-electron chi connectivity index (χ2n) is 8.74. The van der Waals surface area contributed by atoms with Crippen molar-refractivity contribution in [1.29, 1.82) is 0 Å². The summed E-state index contributed by atoms with van der Waals surface area (Å²) >= 11 is 6.11. The van der Waals surface area contributed by atoms with E-state index in [0.29, 0.717) is 18.0 Å². The third kappa shape index (κ3) is 4.83. The molecule has 34 heavy (non-hydrogen) atoms. The molecule has 0 fully saturated rings. The molecule has 4 rings (SSSR count). The van der Waals surface area contributed by atoms with Crippen LogP contribution >= 0.6 is 11.6 Å². The Morgan fingerprint density at radius 2 is 1.41 bits per heavy atom. The normalized spacial score (nSPS) is 13.8. The van der Waals surface area contributed by atoms with Crippen molar-refractivity contribution in [3.05, 3.63) is 130 Å². The van der Waals surface area contributed by atoms with Crippen LogP contribution in [0.3, 0.4) is 0 Å². The van der Waals surface area contributed by atoms with E-state index in [1.54, 1.807) is 0 Å². The van der Waals surface area contributed by atoms with Gasteiger partial charge in [0.1, 0.15) is 17.4 Å². The Kier molecular flexibility index (Phi) is 7.28. The Labute approximate surface area is 207 Å². The van der Waals surface area contributed by atoms with E-state index in [2.05, 4.69) is 32.0 Å². The van der Waals surface area contributed by atoms with E-state index in [4.69, 9.17) is 17.3 Å². The Morgan fingerprint density at radius 3 is 2.03 bits per heavy atom. The van der Waals surface area contributed by atoms with E-state index < -0.39 is 6.04 Å². The minimum Gasteiger partial charge on any atom is -0.313 e. The van der Waals surface area contributed by atoms with Crippen LogP contribution in [-0.2, 0) is 11.2 Å². The van der Waals surface area contributed by atoms with Gasteiger partial charge in [-0.1, -0.05) is 78.3 Å². The molecular weight excluding hydrogens is 440 g/mol. The van der Waals surface area contributed by atoms with Gasteiger partial charge in [0.05, 0.1) is 6.54 Å². The largest absolute Gasteiger partial charge is 0.345 e. The molecule has 0 spiro atoms. The molecule has 0 saturated heterocycles. The minimum absolute atomic E-state index is 0.0284. The average molecular weight is 470 g/mol. The van der Waals surface area contributed by atoms with Gasteiger partial charge in [0, 0.05) is 35.7 Å². The summed E-state index contributed by atoms with van der Waals surface area (Å²) in [5.41, 5.74) is 12.7. The number of nitrogens with zero attached hydrogens (tertiary/aromatic N) is 1. The number of nitrogens with two attached hydrogens (primary N) is 1. The standard InChI is InChI=1S/C30H30ClN2O/c1-22-13-18-28(21-23(22)2)33(27-11-7-4-8-12-27,20-19-24-14-16-26(31)17-15-24)30(34)29(32)25-9-5-3-6-10-25/h3-18,21,29H,19-20,32H2,1-2H3/q+1. The van der Waals surface area contributed by atoms with E-state index >= 15 is 0 Å². The maximum atomic E-state index is 14.5. The van der Waals surface area contributed by atoms with Crippen LogP contribution < -0.4 is 10.2 Å². The van der Waals surface area contributed by atoms with E-state index in [0.717, 1.165) is 28.1 Å². The van der Waals surface area contributed by atoms with Gasteiger partial charge < -0.3 is 5.73 Å². The van der Waals surface area contributed by atoms with Gasteiger partial charge in [-0.3, -0.25) is 0 Å². The molecule has 4 aromatic carbocycles. The molecule has 2 unspecified atom stereocenters. The van der Waals surface area contributed by atoms with Crippen LogP contribution in [0.5, 0.6) is 0 Å². The second-order valence-corrected chi connectivity index (χ2v) is 9.18. The highest BCUT2D eigenvalue weighted by atomic mass is 35.5. The lowest BCUT2D eigenvalue weighted by molar-refractivity contribution is -0.129. The fourth-order valence-electron chi connectivity index (χ4n) is 4.41. The second kappa shape index (κ2) is 10.4. The van der Waals surface area contributed by atoms with Gasteiger partial charge in [-0.25, -0.2) is 4.79 Å². The fraction of sp³-hybridized carbons (Fsp3) is 0.167. The number of amides is 1. The lowest BCUT2D eigenvalue weighted by Gasteiger charge is -2.37. The van der Waals surface area contributed by atoms with Gasteiger partial charge >= 0.3 is 5.91 Å². The van der Waals surface area contributed by atoms with Gasteiger partial charge in [-0.2, -0.15) is 4.48 Å². The zero-order chi connectivity index (χ0) is 24.1. The van der Waals surface area contributed by atoms with E-state index in [-0.39, 0.29) is 10.4 Å². The maximum Gasteiger partial charge on any atom is 0.345 e. The summed E-state index contributed by atoms with van der Waals surface area (Å²) in [6.45, 7) is 4.70. The molecule has 0 saturated carbocycles. The van der Waals surface area contributed by atoms with Crippen LogP contribution in [0.25, 0.3) is 0 Å². The molecule has 0 bridgehead atoms. The number of carbonyl (C=O) groups excluding carboxylic acids is 1. The first-order chi connectivity index (χ1) is 16.4. The van der Waals surface area contributed by atoms with E-state index in [1.807, 2.05) is 84.9 Å². The van der Waals surface area contributed by atoms with Crippen LogP contribution in [0.2, 0.25) is 5.02 Å². The molecule has 0 radical (unpaired) electrons. The molecule has 4 heteroatoms. The molecule has 4 aromatic rings. The van der Waals surface area contributed by atoms with E-state index in [1.165, 1.54) is 5.56 Å². The molecule has 2 atom stereocenters. The van der Waals surface area contributed by atoms with Crippen molar-refractivity contribution in [3.8, 4) is 0 Å². The summed E-state index contributed by atoms with van der Waals surface area (Å²) in [5, 5.41) is 0.698. The lowest BCUT2D eigenvalue weighted by Crippen LogP contribution is -2.55. The number of aryl methyl sites for hydroxylation is 2. The maximum absolute atomic E-state index is 14.5. The van der Waals surface area contributed by atoms with Crippen molar-refractivity contribution in [2.24, 2.45) is 5.73 Å². The van der Waals surface area contributed by atoms with Gasteiger partial charge in [0.2, 0.25) is 0 Å². The summed E-state index contributed by atoms with van der Waals surface area (Å²) in [6, 6.07) is 32.9. The molecule has 3 nitrogen and oxygen atoms in total. The predicted molar refractivity (Wildman–Crippen MR) is 142 cm³/mol. The molecule has 2 N–H and O–H groups in total. The zero-order valence-electron chi connectivity index (χ0n) is 19.6. The molecule has 0 aliphatic heterocycles. The molecular formula is C30H30ClN2O+. The SMILES string of the molecule is Cc1ccc([N+](CCc2ccc(Cl)cc2)(C(=O)C(N)c2ccccc2)c2ccccc2)cc1C.